The molecule has 1 aromatic carbocycles. The van der Waals surface area contributed by atoms with Crippen molar-refractivity contribution >= 4 is 40.0 Å². The van der Waals surface area contributed by atoms with Gasteiger partial charge in [0.05, 0.1) is 18.3 Å². The van der Waals surface area contributed by atoms with Crippen molar-refractivity contribution in [2.75, 3.05) is 12.0 Å². The van der Waals surface area contributed by atoms with Crippen molar-refractivity contribution in [2.24, 2.45) is 5.84 Å². The highest BCUT2D eigenvalue weighted by Crippen LogP contribution is 2.30. The Bertz CT molecular complexity index is 712. The van der Waals surface area contributed by atoms with Crippen molar-refractivity contribution in [2.45, 2.75) is 6.92 Å². The molecule has 2 heterocycles. The lowest BCUT2D eigenvalue weighted by Crippen LogP contribution is -2.09. The van der Waals surface area contributed by atoms with Crippen molar-refractivity contribution in [3.63, 3.8) is 0 Å². The van der Waals surface area contributed by atoms with E-state index in [2.05, 4.69) is 20.6 Å². The summed E-state index contributed by atoms with van der Waals surface area (Å²) in [5.41, 5.74) is 4.38. The minimum Gasteiger partial charge on any atom is -0.494 e. The standard InChI is InChI=1S/C12H13N5O.ClH/c1-2-18-7-3-4-10-8(5-7)9-6-14-17-12(16-13)11(9)15-10;/h3-6,15H,2,13H2,1H3,(H,16,17);1H. The van der Waals surface area contributed by atoms with Crippen LogP contribution in [0.5, 0.6) is 5.75 Å². The summed E-state index contributed by atoms with van der Waals surface area (Å²) in [6.07, 6.45) is 1.71. The molecule has 0 amide bonds. The van der Waals surface area contributed by atoms with Crippen LogP contribution < -0.4 is 16.0 Å². The average molecular weight is 280 g/mol. The molecule has 7 heteroatoms. The number of anilines is 1. The molecular weight excluding hydrogens is 266 g/mol. The van der Waals surface area contributed by atoms with Crippen LogP contribution in [0, 0.1) is 0 Å². The number of nitrogens with zero attached hydrogens (tertiary/aromatic N) is 2. The number of rotatable bonds is 3. The van der Waals surface area contributed by atoms with Crippen LogP contribution in [0.2, 0.25) is 0 Å². The monoisotopic (exact) mass is 279 g/mol. The minimum atomic E-state index is 0. The van der Waals surface area contributed by atoms with E-state index in [1.54, 1.807) is 6.20 Å². The fraction of sp³-hybridized carbons (Fsp3) is 0.167. The summed E-state index contributed by atoms with van der Waals surface area (Å²) in [7, 11) is 0. The van der Waals surface area contributed by atoms with Crippen molar-refractivity contribution in [1.82, 2.24) is 15.2 Å². The first-order valence-corrected chi connectivity index (χ1v) is 5.70. The van der Waals surface area contributed by atoms with E-state index >= 15 is 0 Å². The third kappa shape index (κ3) is 2.16. The molecule has 0 radical (unpaired) electrons. The highest BCUT2D eigenvalue weighted by molar-refractivity contribution is 6.10. The largest absolute Gasteiger partial charge is 0.494 e. The fourth-order valence-corrected chi connectivity index (χ4v) is 2.06. The highest BCUT2D eigenvalue weighted by atomic mass is 35.5. The van der Waals surface area contributed by atoms with Crippen LogP contribution in [0.3, 0.4) is 0 Å². The number of nitrogens with two attached hydrogens (primary N) is 1. The molecule has 0 saturated heterocycles. The third-order valence-corrected chi connectivity index (χ3v) is 2.84. The lowest BCUT2D eigenvalue weighted by atomic mass is 10.2. The Morgan fingerprint density at radius 2 is 2.21 bits per heavy atom. The van der Waals surface area contributed by atoms with E-state index in [0.717, 1.165) is 27.6 Å². The molecule has 0 aliphatic carbocycles. The van der Waals surface area contributed by atoms with Gasteiger partial charge in [-0.2, -0.15) is 5.10 Å². The van der Waals surface area contributed by atoms with Crippen molar-refractivity contribution in [3.05, 3.63) is 24.4 Å². The molecule has 100 valence electrons. The molecule has 0 saturated carbocycles. The summed E-state index contributed by atoms with van der Waals surface area (Å²) < 4.78 is 5.50. The maximum absolute atomic E-state index is 5.50. The van der Waals surface area contributed by atoms with E-state index in [9.17, 15) is 0 Å². The number of hydrogen-bond donors (Lipinski definition) is 3. The van der Waals surface area contributed by atoms with Gasteiger partial charge in [0, 0.05) is 16.3 Å². The van der Waals surface area contributed by atoms with Gasteiger partial charge in [0.15, 0.2) is 5.82 Å². The Kier molecular flexibility index (Phi) is 3.73. The van der Waals surface area contributed by atoms with Gasteiger partial charge in [0.25, 0.3) is 0 Å². The summed E-state index contributed by atoms with van der Waals surface area (Å²) in [5, 5.41) is 9.87. The van der Waals surface area contributed by atoms with Gasteiger partial charge in [-0.25, -0.2) is 5.84 Å². The zero-order chi connectivity index (χ0) is 12.5. The van der Waals surface area contributed by atoms with E-state index in [0.29, 0.717) is 12.4 Å². The first kappa shape index (κ1) is 13.4. The molecular formula is C12H14ClN5O. The summed E-state index contributed by atoms with van der Waals surface area (Å²) in [6, 6.07) is 5.89. The van der Waals surface area contributed by atoms with Gasteiger partial charge in [-0.1, -0.05) is 0 Å². The molecule has 2 aromatic heterocycles. The molecule has 0 aliphatic rings. The van der Waals surface area contributed by atoms with Crippen LogP contribution >= 0.6 is 12.4 Å². The lowest BCUT2D eigenvalue weighted by molar-refractivity contribution is 0.341. The summed E-state index contributed by atoms with van der Waals surface area (Å²) >= 11 is 0. The topological polar surface area (TPSA) is 88.8 Å². The van der Waals surface area contributed by atoms with Crippen molar-refractivity contribution in [3.8, 4) is 5.75 Å². The number of fused-ring (bicyclic) bond motifs is 3. The molecule has 3 aromatic rings. The van der Waals surface area contributed by atoms with Gasteiger partial charge in [-0.3, -0.25) is 0 Å². The van der Waals surface area contributed by atoms with Gasteiger partial charge in [-0.15, -0.1) is 17.5 Å². The van der Waals surface area contributed by atoms with Crippen LogP contribution in [0.25, 0.3) is 21.8 Å². The number of hydrogen-bond acceptors (Lipinski definition) is 5. The average Bonchev–Trinajstić information content (AvgIpc) is 2.77. The zero-order valence-corrected chi connectivity index (χ0v) is 11.1. The third-order valence-electron chi connectivity index (χ3n) is 2.84. The molecule has 0 unspecified atom stereocenters. The quantitative estimate of drug-likeness (QED) is 0.505. The normalized spacial score (nSPS) is 10.4. The molecule has 0 atom stereocenters. The number of benzene rings is 1. The number of nitrogen functional groups attached to an aromatic ring is 1. The number of H-pyrrole nitrogens is 1. The molecule has 0 fully saturated rings. The Labute approximate surface area is 115 Å². The molecule has 4 N–H and O–H groups in total. The Morgan fingerprint density at radius 3 is 2.95 bits per heavy atom. The van der Waals surface area contributed by atoms with Crippen LogP contribution in [0.1, 0.15) is 6.92 Å². The fourth-order valence-electron chi connectivity index (χ4n) is 2.06. The lowest BCUT2D eigenvalue weighted by Gasteiger charge is -2.02. The maximum Gasteiger partial charge on any atom is 0.187 e. The summed E-state index contributed by atoms with van der Waals surface area (Å²) in [5.74, 6) is 6.79. The molecule has 6 nitrogen and oxygen atoms in total. The molecule has 0 spiro atoms. The van der Waals surface area contributed by atoms with E-state index in [1.165, 1.54) is 0 Å². The Balaban J connectivity index is 0.00000133. The molecule has 0 aliphatic heterocycles. The zero-order valence-electron chi connectivity index (χ0n) is 10.3. The number of halogens is 1. The van der Waals surface area contributed by atoms with E-state index in [-0.39, 0.29) is 12.4 Å². The van der Waals surface area contributed by atoms with Gasteiger partial charge in [-0.05, 0) is 25.1 Å². The highest BCUT2D eigenvalue weighted by Gasteiger charge is 2.09. The Hall–Kier alpha value is -2.05. The predicted octanol–water partition coefficient (Wildman–Crippen LogP) is 2.22. The molecule has 0 bridgehead atoms. The molecule has 3 rings (SSSR count). The van der Waals surface area contributed by atoms with Gasteiger partial charge in [0.2, 0.25) is 0 Å². The minimum absolute atomic E-state index is 0. The van der Waals surface area contributed by atoms with Crippen LogP contribution in [-0.4, -0.2) is 21.8 Å². The van der Waals surface area contributed by atoms with Crippen LogP contribution in [-0.2, 0) is 0 Å². The maximum atomic E-state index is 5.50. The second-order valence-corrected chi connectivity index (χ2v) is 3.89. The number of aromatic nitrogens is 3. The van der Waals surface area contributed by atoms with Gasteiger partial charge in [0.1, 0.15) is 5.75 Å². The first-order valence-electron chi connectivity index (χ1n) is 5.70. The number of hydrazine groups is 1. The van der Waals surface area contributed by atoms with Crippen LogP contribution in [0.15, 0.2) is 24.4 Å². The summed E-state index contributed by atoms with van der Waals surface area (Å²) in [6.45, 7) is 2.60. The predicted molar refractivity (Wildman–Crippen MR) is 77.6 cm³/mol. The Morgan fingerprint density at radius 1 is 1.37 bits per heavy atom. The van der Waals surface area contributed by atoms with E-state index in [1.807, 2.05) is 25.1 Å². The number of ether oxygens (including phenoxy) is 1. The van der Waals surface area contributed by atoms with Gasteiger partial charge >= 0.3 is 0 Å². The second-order valence-electron chi connectivity index (χ2n) is 3.89. The van der Waals surface area contributed by atoms with Crippen LogP contribution in [0.4, 0.5) is 5.82 Å². The van der Waals surface area contributed by atoms with E-state index < -0.39 is 0 Å². The number of nitrogens with one attached hydrogen (secondary N) is 2. The SMILES string of the molecule is CCOc1ccc2[nH]c3c(NN)nncc3c2c1.Cl. The smallest absolute Gasteiger partial charge is 0.187 e. The summed E-state index contributed by atoms with van der Waals surface area (Å²) in [4.78, 5) is 3.27. The van der Waals surface area contributed by atoms with Crippen molar-refractivity contribution < 1.29 is 4.74 Å². The number of aromatic amines is 1. The second kappa shape index (κ2) is 5.29. The van der Waals surface area contributed by atoms with E-state index in [4.69, 9.17) is 10.6 Å². The first-order chi connectivity index (χ1) is 8.83. The van der Waals surface area contributed by atoms with Crippen molar-refractivity contribution in [1.29, 1.82) is 0 Å². The molecule has 19 heavy (non-hydrogen) atoms. The van der Waals surface area contributed by atoms with Gasteiger partial charge < -0.3 is 15.1 Å².